The molecule has 4 heteroatoms. The second-order valence-electron chi connectivity index (χ2n) is 11.9. The molecule has 0 radical (unpaired) electrons. The Hall–Kier alpha value is -0.870. The third kappa shape index (κ3) is 31.7. The van der Waals surface area contributed by atoms with Crippen LogP contribution in [-0.2, 0) is 14.3 Å². The summed E-state index contributed by atoms with van der Waals surface area (Å²) in [6.07, 6.45) is 38.1. The first-order valence-corrected chi connectivity index (χ1v) is 17.8. The Kier molecular flexibility index (Phi) is 33.6. The van der Waals surface area contributed by atoms with E-state index in [4.69, 9.17) is 9.47 Å². The van der Waals surface area contributed by atoms with E-state index in [0.717, 1.165) is 19.3 Å². The molecule has 0 rings (SSSR count). The van der Waals surface area contributed by atoms with Crippen LogP contribution in [0.1, 0.15) is 187 Å². The molecule has 40 heavy (non-hydrogen) atoms. The number of hydrogen-bond donors (Lipinski definition) is 1. The number of carbonyl (C=O) groups is 1. The number of rotatable bonds is 33. The van der Waals surface area contributed by atoms with Gasteiger partial charge in [-0.1, -0.05) is 154 Å². The third-order valence-corrected chi connectivity index (χ3v) is 7.84. The molecule has 0 aliphatic rings. The largest absolute Gasteiger partial charge is 0.457 e. The summed E-state index contributed by atoms with van der Waals surface area (Å²) >= 11 is 0. The molecule has 0 amide bonds. The van der Waals surface area contributed by atoms with Gasteiger partial charge in [0.05, 0.1) is 13.2 Å². The van der Waals surface area contributed by atoms with Crippen molar-refractivity contribution in [2.45, 2.75) is 193 Å². The predicted molar refractivity (Wildman–Crippen MR) is 173 cm³/mol. The molecule has 0 aromatic carbocycles. The van der Waals surface area contributed by atoms with Gasteiger partial charge in [0, 0.05) is 13.0 Å². The monoisotopic (exact) mass is 567 g/mol. The molecule has 0 spiro atoms. The van der Waals surface area contributed by atoms with Gasteiger partial charge in [-0.2, -0.15) is 0 Å². The highest BCUT2D eigenvalue weighted by Crippen LogP contribution is 2.13. The Bertz CT molecular complexity index is 519. The molecule has 238 valence electrons. The van der Waals surface area contributed by atoms with Gasteiger partial charge < -0.3 is 14.6 Å². The van der Waals surface area contributed by atoms with Gasteiger partial charge in [-0.25, -0.2) is 0 Å². The minimum absolute atomic E-state index is 0.169. The van der Waals surface area contributed by atoms with Crippen molar-refractivity contribution in [1.29, 1.82) is 0 Å². The smallest absolute Gasteiger partial charge is 0.306 e. The fourth-order valence-corrected chi connectivity index (χ4v) is 5.15. The molecular weight excluding hydrogens is 496 g/mol. The van der Waals surface area contributed by atoms with Gasteiger partial charge in [-0.05, 0) is 38.5 Å². The van der Waals surface area contributed by atoms with Crippen LogP contribution in [0, 0.1) is 0 Å². The van der Waals surface area contributed by atoms with Crippen LogP contribution in [0.2, 0.25) is 0 Å². The van der Waals surface area contributed by atoms with Gasteiger partial charge in [0.1, 0.15) is 6.10 Å². The quantitative estimate of drug-likeness (QED) is 0.0487. The molecular formula is C36H70O4. The molecule has 4 nitrogen and oxygen atoms in total. The number of unbranched alkanes of at least 4 members (excludes halogenated alkanes) is 23. The molecule has 0 saturated heterocycles. The second-order valence-corrected chi connectivity index (χ2v) is 11.9. The molecule has 0 bridgehead atoms. The summed E-state index contributed by atoms with van der Waals surface area (Å²) in [5.74, 6) is -0.202. The van der Waals surface area contributed by atoms with Gasteiger partial charge in [0.2, 0.25) is 0 Å². The van der Waals surface area contributed by atoms with E-state index >= 15 is 0 Å². The first-order chi connectivity index (χ1) is 19.7. The van der Waals surface area contributed by atoms with Crippen molar-refractivity contribution in [3.8, 4) is 0 Å². The van der Waals surface area contributed by atoms with Crippen molar-refractivity contribution in [1.82, 2.24) is 0 Å². The molecule has 0 aliphatic carbocycles. The van der Waals surface area contributed by atoms with Crippen LogP contribution in [0.25, 0.3) is 0 Å². The molecule has 0 saturated carbocycles. The minimum Gasteiger partial charge on any atom is -0.457 e. The van der Waals surface area contributed by atoms with Crippen LogP contribution >= 0.6 is 0 Å². The number of aliphatic hydroxyl groups excluding tert-OH is 1. The first kappa shape index (κ1) is 39.1. The van der Waals surface area contributed by atoms with Crippen molar-refractivity contribution in [2.24, 2.45) is 0 Å². The van der Waals surface area contributed by atoms with Crippen molar-refractivity contribution in [2.75, 3.05) is 19.8 Å². The van der Waals surface area contributed by atoms with Gasteiger partial charge in [0.15, 0.2) is 0 Å². The van der Waals surface area contributed by atoms with E-state index in [9.17, 15) is 9.90 Å². The van der Waals surface area contributed by atoms with E-state index in [2.05, 4.69) is 26.0 Å². The minimum atomic E-state index is -0.529. The van der Waals surface area contributed by atoms with Crippen LogP contribution in [0.4, 0.5) is 0 Å². The standard InChI is InChI=1S/C36H70O4/c1-3-5-7-9-11-13-15-17-18-19-20-22-24-26-28-30-32-39-34-35(33-37)40-36(38)31-29-27-25-23-21-16-14-12-10-8-6-4-2/h17-18,35,37H,3-16,19-34H2,1-2H3/b18-17-. The number of allylic oxidation sites excluding steroid dienone is 2. The van der Waals surface area contributed by atoms with Crippen LogP contribution in [0.3, 0.4) is 0 Å². The van der Waals surface area contributed by atoms with Crippen LogP contribution in [0.15, 0.2) is 12.2 Å². The number of aliphatic hydroxyl groups is 1. The van der Waals surface area contributed by atoms with Gasteiger partial charge in [-0.15, -0.1) is 0 Å². The molecule has 0 heterocycles. The zero-order chi connectivity index (χ0) is 29.2. The normalized spacial score (nSPS) is 12.4. The number of esters is 1. The maximum absolute atomic E-state index is 12.1. The molecule has 0 fully saturated rings. The van der Waals surface area contributed by atoms with E-state index in [1.165, 1.54) is 148 Å². The highest BCUT2D eigenvalue weighted by Gasteiger charge is 2.13. The topological polar surface area (TPSA) is 55.8 Å². The molecule has 1 atom stereocenters. The van der Waals surface area contributed by atoms with Crippen LogP contribution in [-0.4, -0.2) is 37.0 Å². The molecule has 0 aliphatic heterocycles. The lowest BCUT2D eigenvalue weighted by molar-refractivity contribution is -0.154. The average molecular weight is 567 g/mol. The number of hydrogen-bond acceptors (Lipinski definition) is 4. The summed E-state index contributed by atoms with van der Waals surface area (Å²) in [7, 11) is 0. The predicted octanol–water partition coefficient (Wildman–Crippen LogP) is 11.0. The van der Waals surface area contributed by atoms with E-state index < -0.39 is 6.10 Å². The van der Waals surface area contributed by atoms with Crippen molar-refractivity contribution >= 4 is 5.97 Å². The Morgan fingerprint density at radius 1 is 0.575 bits per heavy atom. The Balaban J connectivity index is 3.42. The fourth-order valence-electron chi connectivity index (χ4n) is 5.15. The van der Waals surface area contributed by atoms with Crippen molar-refractivity contribution in [3.05, 3.63) is 12.2 Å². The fraction of sp³-hybridized carbons (Fsp3) is 0.917. The zero-order valence-electron chi connectivity index (χ0n) is 27.1. The zero-order valence-corrected chi connectivity index (χ0v) is 27.1. The summed E-state index contributed by atoms with van der Waals surface area (Å²) in [5.41, 5.74) is 0. The van der Waals surface area contributed by atoms with E-state index in [0.29, 0.717) is 19.6 Å². The van der Waals surface area contributed by atoms with Crippen molar-refractivity contribution < 1.29 is 19.4 Å². The van der Waals surface area contributed by atoms with E-state index in [1.54, 1.807) is 0 Å². The Morgan fingerprint density at radius 3 is 1.43 bits per heavy atom. The Labute approximate surface area is 250 Å². The lowest BCUT2D eigenvalue weighted by Crippen LogP contribution is -2.27. The summed E-state index contributed by atoms with van der Waals surface area (Å²) in [6, 6.07) is 0. The molecule has 1 unspecified atom stereocenters. The molecule has 1 N–H and O–H groups in total. The van der Waals surface area contributed by atoms with Gasteiger partial charge in [-0.3, -0.25) is 4.79 Å². The SMILES string of the molecule is CCCCCCCC/C=C\CCCCCCCCOCC(CO)OC(=O)CCCCCCCCCCCCCC. The van der Waals surface area contributed by atoms with E-state index in [-0.39, 0.29) is 12.6 Å². The third-order valence-electron chi connectivity index (χ3n) is 7.84. The Morgan fingerprint density at radius 2 is 0.975 bits per heavy atom. The molecule has 0 aromatic rings. The summed E-state index contributed by atoms with van der Waals surface area (Å²) in [6.45, 7) is 5.34. The maximum Gasteiger partial charge on any atom is 0.306 e. The second kappa shape index (κ2) is 34.3. The first-order valence-electron chi connectivity index (χ1n) is 17.8. The van der Waals surface area contributed by atoms with Crippen LogP contribution < -0.4 is 0 Å². The van der Waals surface area contributed by atoms with E-state index in [1.807, 2.05) is 0 Å². The number of ether oxygens (including phenoxy) is 2. The average Bonchev–Trinajstić information content (AvgIpc) is 2.96. The summed E-state index contributed by atoms with van der Waals surface area (Å²) in [4.78, 5) is 12.1. The summed E-state index contributed by atoms with van der Waals surface area (Å²) in [5, 5.41) is 9.53. The highest BCUT2D eigenvalue weighted by atomic mass is 16.6. The number of carbonyl (C=O) groups excluding carboxylic acids is 1. The maximum atomic E-state index is 12.1. The lowest BCUT2D eigenvalue weighted by atomic mass is 10.0. The van der Waals surface area contributed by atoms with Gasteiger partial charge >= 0.3 is 5.97 Å². The van der Waals surface area contributed by atoms with Crippen molar-refractivity contribution in [3.63, 3.8) is 0 Å². The molecule has 0 aromatic heterocycles. The lowest BCUT2D eigenvalue weighted by Gasteiger charge is -2.15. The summed E-state index contributed by atoms with van der Waals surface area (Å²) < 4.78 is 11.1. The van der Waals surface area contributed by atoms with Gasteiger partial charge in [0.25, 0.3) is 0 Å². The van der Waals surface area contributed by atoms with Crippen LogP contribution in [0.5, 0.6) is 0 Å². The highest BCUT2D eigenvalue weighted by molar-refractivity contribution is 5.69.